The molecule has 9 heteroatoms. The molecule has 0 aliphatic carbocycles. The van der Waals surface area contributed by atoms with Crippen LogP contribution in [0.2, 0.25) is 0 Å². The van der Waals surface area contributed by atoms with Gasteiger partial charge in [0.05, 0.1) is 0 Å². The van der Waals surface area contributed by atoms with Gasteiger partial charge in [0, 0.05) is 5.39 Å². The molecule has 0 aliphatic heterocycles. The van der Waals surface area contributed by atoms with Gasteiger partial charge >= 0.3 is 6.03 Å². The Labute approximate surface area is 117 Å². The highest BCUT2D eigenvalue weighted by Crippen LogP contribution is 2.24. The second-order valence-corrected chi connectivity index (χ2v) is 4.20. The molecule has 3 amide bonds. The highest BCUT2D eigenvalue weighted by molar-refractivity contribution is 5.93. The summed E-state index contributed by atoms with van der Waals surface area (Å²) < 4.78 is 5.58. The fourth-order valence-corrected chi connectivity index (χ4v) is 1.81. The normalized spacial score (nSPS) is 10.7. The third-order valence-corrected chi connectivity index (χ3v) is 2.65. The van der Waals surface area contributed by atoms with Gasteiger partial charge in [0.15, 0.2) is 5.76 Å². The lowest BCUT2D eigenvalue weighted by Crippen LogP contribution is -2.37. The van der Waals surface area contributed by atoms with Crippen LogP contribution in [-0.2, 0) is 11.3 Å². The van der Waals surface area contributed by atoms with Gasteiger partial charge in [-0.1, -0.05) is 18.2 Å². The minimum atomic E-state index is -0.933. The van der Waals surface area contributed by atoms with E-state index in [1.807, 2.05) is 29.6 Å². The maximum absolute atomic E-state index is 11.3. The summed E-state index contributed by atoms with van der Waals surface area (Å²) in [5, 5.41) is 14.4. The lowest BCUT2D eigenvalue weighted by atomic mass is 10.2. The molecule has 0 radical (unpaired) electrons. The summed E-state index contributed by atoms with van der Waals surface area (Å²) in [6.07, 6.45) is 0. The van der Waals surface area contributed by atoms with Crippen LogP contribution >= 0.6 is 0 Å². The Morgan fingerprint density at radius 1 is 1.33 bits per heavy atom. The first-order chi connectivity index (χ1) is 10.1. The molecule has 0 spiro atoms. The van der Waals surface area contributed by atoms with E-state index in [9.17, 15) is 9.59 Å². The van der Waals surface area contributed by atoms with Gasteiger partial charge in [-0.2, -0.15) is 4.80 Å². The number of tetrazole rings is 1. The Morgan fingerprint density at radius 2 is 2.14 bits per heavy atom. The fourth-order valence-electron chi connectivity index (χ4n) is 1.81. The number of aromatic nitrogens is 4. The first kappa shape index (κ1) is 12.8. The van der Waals surface area contributed by atoms with Crippen LogP contribution in [0.4, 0.5) is 4.79 Å². The summed E-state index contributed by atoms with van der Waals surface area (Å²) in [5.74, 6) is 0.0619. The predicted molar refractivity (Wildman–Crippen MR) is 70.8 cm³/mol. The SMILES string of the molecule is NC(=O)NC(=O)Cn1nnc(-c2cc3ccccc3o2)n1. The van der Waals surface area contributed by atoms with Crippen molar-refractivity contribution in [2.75, 3.05) is 0 Å². The minimum Gasteiger partial charge on any atom is -0.453 e. The smallest absolute Gasteiger partial charge is 0.318 e. The van der Waals surface area contributed by atoms with Crippen LogP contribution in [0.3, 0.4) is 0 Å². The van der Waals surface area contributed by atoms with E-state index in [2.05, 4.69) is 15.4 Å². The number of benzene rings is 1. The predicted octanol–water partition coefficient (Wildman–Crippen LogP) is 0.281. The van der Waals surface area contributed by atoms with Crippen molar-refractivity contribution < 1.29 is 14.0 Å². The zero-order valence-corrected chi connectivity index (χ0v) is 10.7. The van der Waals surface area contributed by atoms with E-state index in [0.29, 0.717) is 11.3 Å². The molecule has 21 heavy (non-hydrogen) atoms. The summed E-state index contributed by atoms with van der Waals surface area (Å²) in [6.45, 7) is -0.268. The molecule has 0 bridgehead atoms. The van der Waals surface area contributed by atoms with Gasteiger partial charge in [-0.15, -0.1) is 10.2 Å². The van der Waals surface area contributed by atoms with E-state index in [4.69, 9.17) is 10.2 Å². The van der Waals surface area contributed by atoms with Crippen LogP contribution in [0.15, 0.2) is 34.7 Å². The number of fused-ring (bicyclic) bond motifs is 1. The summed E-state index contributed by atoms with van der Waals surface area (Å²) in [6, 6.07) is 8.31. The van der Waals surface area contributed by atoms with E-state index in [-0.39, 0.29) is 12.4 Å². The van der Waals surface area contributed by atoms with Crippen molar-refractivity contribution in [2.24, 2.45) is 5.73 Å². The highest BCUT2D eigenvalue weighted by Gasteiger charge is 2.13. The zero-order valence-electron chi connectivity index (χ0n) is 10.7. The molecule has 0 fully saturated rings. The van der Waals surface area contributed by atoms with E-state index in [1.165, 1.54) is 0 Å². The largest absolute Gasteiger partial charge is 0.453 e. The molecule has 0 saturated heterocycles. The lowest BCUT2D eigenvalue weighted by molar-refractivity contribution is -0.120. The van der Waals surface area contributed by atoms with Crippen LogP contribution in [0.25, 0.3) is 22.6 Å². The average Bonchev–Trinajstić information content (AvgIpc) is 3.03. The molecule has 0 unspecified atom stereocenters. The number of nitrogens with two attached hydrogens (primary N) is 1. The average molecular weight is 286 g/mol. The first-order valence-corrected chi connectivity index (χ1v) is 5.98. The maximum atomic E-state index is 11.3. The molecular weight excluding hydrogens is 276 g/mol. The van der Waals surface area contributed by atoms with Crippen LogP contribution in [0, 0.1) is 0 Å². The number of carbonyl (C=O) groups is 2. The van der Waals surface area contributed by atoms with Crippen LogP contribution < -0.4 is 11.1 Å². The first-order valence-electron chi connectivity index (χ1n) is 5.98. The Kier molecular flexibility index (Phi) is 3.07. The number of para-hydroxylation sites is 1. The van der Waals surface area contributed by atoms with Crippen LogP contribution in [0.5, 0.6) is 0 Å². The molecule has 3 rings (SSSR count). The molecule has 2 aromatic heterocycles. The van der Waals surface area contributed by atoms with E-state index < -0.39 is 11.9 Å². The molecule has 1 aromatic carbocycles. The minimum absolute atomic E-state index is 0.248. The number of rotatable bonds is 3. The number of imide groups is 1. The number of carbonyl (C=O) groups excluding carboxylic acids is 2. The topological polar surface area (TPSA) is 129 Å². The number of urea groups is 1. The van der Waals surface area contributed by atoms with Crippen LogP contribution in [0.1, 0.15) is 0 Å². The van der Waals surface area contributed by atoms with Gasteiger partial charge < -0.3 is 10.2 Å². The van der Waals surface area contributed by atoms with Gasteiger partial charge in [-0.25, -0.2) is 4.79 Å². The molecular formula is C12H10N6O3. The number of hydrogen-bond donors (Lipinski definition) is 2. The molecule has 2 heterocycles. The van der Waals surface area contributed by atoms with Gasteiger partial charge in [0.2, 0.25) is 5.82 Å². The second kappa shape index (κ2) is 5.04. The molecule has 106 valence electrons. The Bertz CT molecular complexity index is 788. The van der Waals surface area contributed by atoms with Gasteiger partial charge in [0.1, 0.15) is 12.1 Å². The Morgan fingerprint density at radius 3 is 2.90 bits per heavy atom. The third kappa shape index (κ3) is 2.71. The number of nitrogens with zero attached hydrogens (tertiary/aromatic N) is 4. The number of amides is 3. The maximum Gasteiger partial charge on any atom is 0.318 e. The van der Waals surface area contributed by atoms with E-state index >= 15 is 0 Å². The van der Waals surface area contributed by atoms with Crippen molar-refractivity contribution in [3.05, 3.63) is 30.3 Å². The van der Waals surface area contributed by atoms with Gasteiger partial charge in [0.25, 0.3) is 5.91 Å². The van der Waals surface area contributed by atoms with E-state index in [0.717, 1.165) is 10.2 Å². The van der Waals surface area contributed by atoms with Gasteiger partial charge in [-0.05, 0) is 17.3 Å². The van der Waals surface area contributed by atoms with Crippen molar-refractivity contribution in [1.82, 2.24) is 25.5 Å². The van der Waals surface area contributed by atoms with Crippen molar-refractivity contribution in [2.45, 2.75) is 6.54 Å². The molecule has 0 saturated carbocycles. The number of hydrogen-bond acceptors (Lipinski definition) is 6. The molecule has 3 aromatic rings. The van der Waals surface area contributed by atoms with Crippen molar-refractivity contribution in [3.63, 3.8) is 0 Å². The van der Waals surface area contributed by atoms with Crippen molar-refractivity contribution in [3.8, 4) is 11.6 Å². The number of furan rings is 1. The summed E-state index contributed by atoms with van der Waals surface area (Å²) in [5.41, 5.74) is 5.54. The summed E-state index contributed by atoms with van der Waals surface area (Å²) in [7, 11) is 0. The quantitative estimate of drug-likeness (QED) is 0.711. The standard InChI is InChI=1S/C12H10N6O3/c13-12(20)14-10(19)6-18-16-11(15-17-18)9-5-7-3-1-2-4-8(7)21-9/h1-5H,6H2,(H3,13,14,19,20). The second-order valence-electron chi connectivity index (χ2n) is 4.20. The monoisotopic (exact) mass is 286 g/mol. The van der Waals surface area contributed by atoms with Gasteiger partial charge in [-0.3, -0.25) is 10.1 Å². The van der Waals surface area contributed by atoms with E-state index in [1.54, 1.807) is 6.07 Å². The zero-order chi connectivity index (χ0) is 14.8. The van der Waals surface area contributed by atoms with Crippen LogP contribution in [-0.4, -0.2) is 32.1 Å². The Balaban J connectivity index is 1.81. The summed E-state index contributed by atoms with van der Waals surface area (Å²) in [4.78, 5) is 22.9. The number of primary amides is 1. The molecule has 9 nitrogen and oxygen atoms in total. The Hall–Kier alpha value is -3.23. The highest BCUT2D eigenvalue weighted by atomic mass is 16.3. The lowest BCUT2D eigenvalue weighted by Gasteiger charge is -1.97. The van der Waals surface area contributed by atoms with Crippen molar-refractivity contribution in [1.29, 1.82) is 0 Å². The third-order valence-electron chi connectivity index (χ3n) is 2.65. The number of nitrogens with one attached hydrogen (secondary N) is 1. The summed E-state index contributed by atoms with van der Waals surface area (Å²) >= 11 is 0. The fraction of sp³-hybridized carbons (Fsp3) is 0.0833. The molecule has 0 aliphatic rings. The molecule has 0 atom stereocenters. The van der Waals surface area contributed by atoms with Crippen molar-refractivity contribution >= 4 is 22.9 Å². The molecule has 3 N–H and O–H groups in total.